The van der Waals surface area contributed by atoms with Crippen LogP contribution in [0.25, 0.3) is 0 Å². The fraction of sp³-hybridized carbons (Fsp3) is 0.533. The Morgan fingerprint density at radius 2 is 2.26 bits per heavy atom. The van der Waals surface area contributed by atoms with Gasteiger partial charge in [0.15, 0.2) is 0 Å². The Labute approximate surface area is 114 Å². The molecule has 1 aliphatic heterocycles. The quantitative estimate of drug-likeness (QED) is 0.883. The number of anilines is 1. The first-order chi connectivity index (χ1) is 9.27. The Morgan fingerprint density at radius 1 is 1.47 bits per heavy atom. The molecular weight excluding hydrogens is 240 g/mol. The van der Waals surface area contributed by atoms with Crippen LogP contribution in [0, 0.1) is 0 Å². The van der Waals surface area contributed by atoms with E-state index < -0.39 is 0 Å². The van der Waals surface area contributed by atoms with Gasteiger partial charge in [-0.3, -0.25) is 4.79 Å². The lowest BCUT2D eigenvalue weighted by Crippen LogP contribution is -2.39. The van der Waals surface area contributed by atoms with Crippen molar-refractivity contribution in [1.29, 1.82) is 0 Å². The van der Waals surface area contributed by atoms with Crippen molar-refractivity contribution in [3.05, 3.63) is 29.8 Å². The van der Waals surface area contributed by atoms with Crippen LogP contribution in [0.3, 0.4) is 0 Å². The van der Waals surface area contributed by atoms with Crippen molar-refractivity contribution in [2.75, 3.05) is 38.7 Å². The molecule has 0 spiro atoms. The third kappa shape index (κ3) is 3.07. The molecule has 0 saturated heterocycles. The van der Waals surface area contributed by atoms with Crippen molar-refractivity contribution in [1.82, 2.24) is 4.90 Å². The van der Waals surface area contributed by atoms with Crippen LogP contribution in [-0.2, 0) is 9.53 Å². The number of para-hydroxylation sites is 1. The Hall–Kier alpha value is -1.55. The van der Waals surface area contributed by atoms with Crippen molar-refractivity contribution in [3.8, 4) is 0 Å². The molecule has 1 heterocycles. The van der Waals surface area contributed by atoms with E-state index in [0.717, 1.165) is 30.8 Å². The number of benzene rings is 1. The van der Waals surface area contributed by atoms with Crippen molar-refractivity contribution < 1.29 is 9.53 Å². The molecule has 1 aromatic carbocycles. The summed E-state index contributed by atoms with van der Waals surface area (Å²) in [5, 5.41) is 3.35. The molecule has 4 heteroatoms. The van der Waals surface area contributed by atoms with E-state index in [2.05, 4.69) is 5.32 Å². The maximum Gasteiger partial charge on any atom is 0.230 e. The third-order valence-electron chi connectivity index (χ3n) is 3.64. The highest BCUT2D eigenvalue weighted by Gasteiger charge is 2.28. The van der Waals surface area contributed by atoms with Crippen molar-refractivity contribution >= 4 is 11.6 Å². The molecule has 0 aliphatic carbocycles. The zero-order chi connectivity index (χ0) is 13.7. The highest BCUT2D eigenvalue weighted by Crippen LogP contribution is 2.32. The number of fused-ring (bicyclic) bond motifs is 1. The molecule has 1 amide bonds. The molecule has 0 fully saturated rings. The molecule has 0 aromatic heterocycles. The van der Waals surface area contributed by atoms with Crippen LogP contribution in [0.1, 0.15) is 24.8 Å². The summed E-state index contributed by atoms with van der Waals surface area (Å²) in [6.07, 6.45) is 0.860. The van der Waals surface area contributed by atoms with Gasteiger partial charge in [-0.05, 0) is 25.0 Å². The molecule has 1 aliphatic rings. The van der Waals surface area contributed by atoms with E-state index in [4.69, 9.17) is 4.74 Å². The summed E-state index contributed by atoms with van der Waals surface area (Å²) in [6.45, 7) is 4.86. The van der Waals surface area contributed by atoms with Gasteiger partial charge in [-0.15, -0.1) is 0 Å². The SMILES string of the molecule is CCN(CCOC)C(=O)C1CCNc2ccccc21. The third-order valence-corrected chi connectivity index (χ3v) is 3.64. The van der Waals surface area contributed by atoms with Gasteiger partial charge in [-0.25, -0.2) is 0 Å². The van der Waals surface area contributed by atoms with Crippen molar-refractivity contribution in [2.24, 2.45) is 0 Å². The van der Waals surface area contributed by atoms with Crippen LogP contribution in [0.15, 0.2) is 24.3 Å². The minimum atomic E-state index is -0.0192. The summed E-state index contributed by atoms with van der Waals surface area (Å²) < 4.78 is 5.07. The van der Waals surface area contributed by atoms with E-state index in [0.29, 0.717) is 13.2 Å². The highest BCUT2D eigenvalue weighted by atomic mass is 16.5. The van der Waals surface area contributed by atoms with E-state index in [9.17, 15) is 4.79 Å². The Kier molecular flexibility index (Phi) is 4.80. The minimum Gasteiger partial charge on any atom is -0.385 e. The van der Waals surface area contributed by atoms with Crippen LogP contribution in [0.5, 0.6) is 0 Å². The number of carbonyl (C=O) groups excluding carboxylic acids is 1. The van der Waals surface area contributed by atoms with Crippen LogP contribution in [-0.4, -0.2) is 44.2 Å². The number of amides is 1. The lowest BCUT2D eigenvalue weighted by Gasteiger charge is -2.30. The Balaban J connectivity index is 2.15. The molecule has 1 unspecified atom stereocenters. The molecule has 104 valence electrons. The smallest absolute Gasteiger partial charge is 0.230 e. The highest BCUT2D eigenvalue weighted by molar-refractivity contribution is 5.86. The number of ether oxygens (including phenoxy) is 1. The number of rotatable bonds is 5. The van der Waals surface area contributed by atoms with E-state index in [1.807, 2.05) is 36.1 Å². The average Bonchev–Trinajstić information content (AvgIpc) is 2.47. The largest absolute Gasteiger partial charge is 0.385 e. The predicted octanol–water partition coefficient (Wildman–Crippen LogP) is 2.08. The molecule has 1 aromatic rings. The summed E-state index contributed by atoms with van der Waals surface area (Å²) in [7, 11) is 1.66. The number of likely N-dealkylation sites (N-methyl/N-ethyl adjacent to an activating group) is 1. The maximum absolute atomic E-state index is 12.6. The average molecular weight is 262 g/mol. The number of hydrogen-bond donors (Lipinski definition) is 1. The summed E-state index contributed by atoms with van der Waals surface area (Å²) in [5.41, 5.74) is 2.21. The molecule has 1 atom stereocenters. The first kappa shape index (κ1) is 13.9. The summed E-state index contributed by atoms with van der Waals surface area (Å²) in [6, 6.07) is 8.09. The maximum atomic E-state index is 12.6. The van der Waals surface area contributed by atoms with Crippen LogP contribution >= 0.6 is 0 Å². The zero-order valence-corrected chi connectivity index (χ0v) is 11.7. The first-order valence-corrected chi connectivity index (χ1v) is 6.88. The van der Waals surface area contributed by atoms with Crippen molar-refractivity contribution in [2.45, 2.75) is 19.3 Å². The fourth-order valence-electron chi connectivity index (χ4n) is 2.57. The monoisotopic (exact) mass is 262 g/mol. The molecule has 4 nitrogen and oxygen atoms in total. The number of methoxy groups -OCH3 is 1. The van der Waals surface area contributed by atoms with Gasteiger partial charge in [0, 0.05) is 32.4 Å². The Morgan fingerprint density at radius 3 is 3.00 bits per heavy atom. The molecule has 1 N–H and O–H groups in total. The summed E-state index contributed by atoms with van der Waals surface area (Å²) in [5.74, 6) is 0.197. The van der Waals surface area contributed by atoms with Gasteiger partial charge in [0.1, 0.15) is 0 Å². The number of nitrogens with zero attached hydrogens (tertiary/aromatic N) is 1. The molecule has 0 bridgehead atoms. The zero-order valence-electron chi connectivity index (χ0n) is 11.7. The summed E-state index contributed by atoms with van der Waals surface area (Å²) in [4.78, 5) is 14.5. The molecule has 2 rings (SSSR count). The van der Waals surface area contributed by atoms with Gasteiger partial charge in [0.05, 0.1) is 12.5 Å². The summed E-state index contributed by atoms with van der Waals surface area (Å²) >= 11 is 0. The van der Waals surface area contributed by atoms with Gasteiger partial charge < -0.3 is 15.0 Å². The molecule has 19 heavy (non-hydrogen) atoms. The molecule has 0 radical (unpaired) electrons. The minimum absolute atomic E-state index is 0.0192. The van der Waals surface area contributed by atoms with E-state index in [-0.39, 0.29) is 11.8 Å². The van der Waals surface area contributed by atoms with Gasteiger partial charge in [0.25, 0.3) is 0 Å². The number of carbonyl (C=O) groups is 1. The number of hydrogen-bond acceptors (Lipinski definition) is 3. The second-order valence-corrected chi connectivity index (χ2v) is 4.77. The number of nitrogens with one attached hydrogen (secondary N) is 1. The van der Waals surface area contributed by atoms with Crippen LogP contribution in [0.4, 0.5) is 5.69 Å². The Bertz CT molecular complexity index is 434. The van der Waals surface area contributed by atoms with Crippen molar-refractivity contribution in [3.63, 3.8) is 0 Å². The molecule has 0 saturated carbocycles. The standard InChI is InChI=1S/C15H22N2O2/c1-3-17(10-11-19-2)15(18)13-8-9-16-14-7-5-4-6-12(13)14/h4-7,13,16H,3,8-11H2,1-2H3. The second kappa shape index (κ2) is 6.57. The topological polar surface area (TPSA) is 41.6 Å². The van der Waals surface area contributed by atoms with E-state index in [1.54, 1.807) is 7.11 Å². The normalized spacial score (nSPS) is 17.5. The van der Waals surface area contributed by atoms with Gasteiger partial charge >= 0.3 is 0 Å². The predicted molar refractivity (Wildman–Crippen MR) is 76.4 cm³/mol. The lowest BCUT2D eigenvalue weighted by atomic mass is 9.90. The van der Waals surface area contributed by atoms with E-state index in [1.165, 1.54) is 0 Å². The molecular formula is C15H22N2O2. The van der Waals surface area contributed by atoms with E-state index >= 15 is 0 Å². The van der Waals surface area contributed by atoms with Gasteiger partial charge in [0.2, 0.25) is 5.91 Å². The lowest BCUT2D eigenvalue weighted by molar-refractivity contribution is -0.133. The first-order valence-electron chi connectivity index (χ1n) is 6.88. The second-order valence-electron chi connectivity index (χ2n) is 4.77. The van der Waals surface area contributed by atoms with Gasteiger partial charge in [-0.2, -0.15) is 0 Å². The van der Waals surface area contributed by atoms with Crippen LogP contribution in [0.2, 0.25) is 0 Å². The fourth-order valence-corrected chi connectivity index (χ4v) is 2.57. The van der Waals surface area contributed by atoms with Gasteiger partial charge in [-0.1, -0.05) is 18.2 Å². The van der Waals surface area contributed by atoms with Crippen LogP contribution < -0.4 is 5.32 Å².